The van der Waals surface area contributed by atoms with E-state index in [0.717, 1.165) is 23.1 Å². The number of ether oxygens (including phenoxy) is 2. The fourth-order valence-electron chi connectivity index (χ4n) is 1.72. The summed E-state index contributed by atoms with van der Waals surface area (Å²) in [4.78, 5) is 23.7. The Bertz CT molecular complexity index is 771. The van der Waals surface area contributed by atoms with E-state index in [4.69, 9.17) is 31.5 Å². The number of carbonyl (C=O) groups excluding carboxylic acids is 2. The monoisotopic (exact) mass is 380 g/mol. The van der Waals surface area contributed by atoms with Gasteiger partial charge in [-0.1, -0.05) is 0 Å². The summed E-state index contributed by atoms with van der Waals surface area (Å²) >= 11 is 2.04. The SMILES string of the molecule is CCOC(=O)CSc1sc(C(=O)OCC)c(N)c1C(N)=C(C#N)C#N. The second kappa shape index (κ2) is 9.57. The summed E-state index contributed by atoms with van der Waals surface area (Å²) in [5.41, 5.74) is 11.6. The molecule has 0 fully saturated rings. The van der Waals surface area contributed by atoms with Crippen molar-refractivity contribution in [3.63, 3.8) is 0 Å². The van der Waals surface area contributed by atoms with Crippen LogP contribution >= 0.6 is 23.1 Å². The minimum absolute atomic E-state index is 0.00955. The van der Waals surface area contributed by atoms with E-state index in [9.17, 15) is 9.59 Å². The van der Waals surface area contributed by atoms with Crippen LogP contribution in [0, 0.1) is 22.7 Å². The van der Waals surface area contributed by atoms with Crippen LogP contribution in [0.3, 0.4) is 0 Å². The molecule has 0 amide bonds. The number of nitrogen functional groups attached to an aromatic ring is 1. The van der Waals surface area contributed by atoms with Crippen molar-refractivity contribution in [2.45, 2.75) is 18.1 Å². The maximum absolute atomic E-state index is 12.0. The molecule has 0 saturated carbocycles. The summed E-state index contributed by atoms with van der Waals surface area (Å²) in [6.45, 7) is 3.73. The average Bonchev–Trinajstić information content (AvgIpc) is 2.91. The molecule has 0 aromatic carbocycles. The number of hydrogen-bond donors (Lipinski definition) is 2. The lowest BCUT2D eigenvalue weighted by Gasteiger charge is -2.06. The van der Waals surface area contributed by atoms with Gasteiger partial charge in [-0.25, -0.2) is 4.79 Å². The van der Waals surface area contributed by atoms with Gasteiger partial charge >= 0.3 is 11.9 Å². The molecular weight excluding hydrogens is 364 g/mol. The number of nitrogens with two attached hydrogens (primary N) is 2. The Kier molecular flexibility index (Phi) is 7.79. The molecule has 0 spiro atoms. The van der Waals surface area contributed by atoms with E-state index in [2.05, 4.69) is 0 Å². The number of thioether (sulfide) groups is 1. The zero-order valence-corrected chi connectivity index (χ0v) is 15.3. The molecule has 10 heteroatoms. The second-order valence-electron chi connectivity index (χ2n) is 4.33. The summed E-state index contributed by atoms with van der Waals surface area (Å²) in [6, 6.07) is 3.36. The molecule has 1 aromatic rings. The first kappa shape index (κ1) is 20.4. The number of rotatable bonds is 7. The summed E-state index contributed by atoms with van der Waals surface area (Å²) in [7, 11) is 0. The number of nitrogens with zero attached hydrogens (tertiary/aromatic N) is 2. The van der Waals surface area contributed by atoms with Gasteiger partial charge < -0.3 is 20.9 Å². The van der Waals surface area contributed by atoms with Crippen molar-refractivity contribution in [1.82, 2.24) is 0 Å². The third kappa shape index (κ3) is 4.89. The normalized spacial score (nSPS) is 9.60. The van der Waals surface area contributed by atoms with Crippen LogP contribution in [0.15, 0.2) is 9.78 Å². The second-order valence-corrected chi connectivity index (χ2v) is 6.60. The van der Waals surface area contributed by atoms with Crippen molar-refractivity contribution in [2.24, 2.45) is 5.73 Å². The van der Waals surface area contributed by atoms with Crippen molar-refractivity contribution >= 4 is 46.4 Å². The third-order valence-electron chi connectivity index (χ3n) is 2.76. The Morgan fingerprint density at radius 1 is 1.20 bits per heavy atom. The van der Waals surface area contributed by atoms with Crippen LogP contribution in [-0.2, 0) is 14.3 Å². The fraction of sp³-hybridized carbons (Fsp3) is 0.333. The first-order valence-electron chi connectivity index (χ1n) is 7.09. The number of nitriles is 2. The van der Waals surface area contributed by atoms with Crippen LogP contribution in [-0.4, -0.2) is 30.9 Å². The van der Waals surface area contributed by atoms with E-state index in [1.165, 1.54) is 0 Å². The van der Waals surface area contributed by atoms with Crippen LogP contribution in [0.5, 0.6) is 0 Å². The predicted octanol–water partition coefficient (Wildman–Crippen LogP) is 1.88. The van der Waals surface area contributed by atoms with Crippen molar-refractivity contribution in [3.05, 3.63) is 16.0 Å². The lowest BCUT2D eigenvalue weighted by Crippen LogP contribution is -2.08. The molecule has 4 N–H and O–H groups in total. The van der Waals surface area contributed by atoms with Crippen molar-refractivity contribution in [1.29, 1.82) is 10.5 Å². The lowest BCUT2D eigenvalue weighted by atomic mass is 10.1. The van der Waals surface area contributed by atoms with E-state index in [1.54, 1.807) is 26.0 Å². The number of esters is 2. The molecule has 1 heterocycles. The molecule has 1 rings (SSSR count). The molecule has 8 nitrogen and oxygen atoms in total. The molecule has 0 aliphatic heterocycles. The number of carbonyl (C=O) groups is 2. The van der Waals surface area contributed by atoms with E-state index >= 15 is 0 Å². The fourth-order valence-corrected chi connectivity index (χ4v) is 3.95. The highest BCUT2D eigenvalue weighted by Gasteiger charge is 2.25. The molecule has 25 heavy (non-hydrogen) atoms. The Hall–Kier alpha value is -2.69. The third-order valence-corrected chi connectivity index (χ3v) is 5.19. The minimum Gasteiger partial charge on any atom is -0.465 e. The Balaban J connectivity index is 3.38. The highest BCUT2D eigenvalue weighted by molar-refractivity contribution is 8.01. The smallest absolute Gasteiger partial charge is 0.350 e. The maximum Gasteiger partial charge on any atom is 0.350 e. The highest BCUT2D eigenvalue weighted by Crippen LogP contribution is 2.41. The standard InChI is InChI=1S/C15H16N4O4S2/c1-3-22-9(20)7-24-15-10(11(18)8(5-16)6-17)12(19)13(25-15)14(21)23-4-2/h3-4,7,18-19H2,1-2H3. The summed E-state index contributed by atoms with van der Waals surface area (Å²) in [5.74, 6) is -1.13. The van der Waals surface area contributed by atoms with Gasteiger partial charge in [0, 0.05) is 5.56 Å². The molecule has 0 saturated heterocycles. The maximum atomic E-state index is 12.0. The van der Waals surface area contributed by atoms with Gasteiger partial charge in [-0.2, -0.15) is 10.5 Å². The minimum atomic E-state index is -0.641. The van der Waals surface area contributed by atoms with Crippen LogP contribution in [0.1, 0.15) is 29.1 Å². The molecule has 0 radical (unpaired) electrons. The van der Waals surface area contributed by atoms with Gasteiger partial charge in [-0.3, -0.25) is 4.79 Å². The predicted molar refractivity (Wildman–Crippen MR) is 94.4 cm³/mol. The molecule has 1 aromatic heterocycles. The van der Waals surface area contributed by atoms with Crippen LogP contribution < -0.4 is 11.5 Å². The number of thiophene rings is 1. The quantitative estimate of drug-likeness (QED) is 0.410. The van der Waals surface area contributed by atoms with Gasteiger partial charge in [0.15, 0.2) is 5.57 Å². The van der Waals surface area contributed by atoms with Crippen LogP contribution in [0.2, 0.25) is 0 Å². The van der Waals surface area contributed by atoms with Gasteiger partial charge in [-0.15, -0.1) is 23.1 Å². The van der Waals surface area contributed by atoms with Gasteiger partial charge in [0.2, 0.25) is 0 Å². The van der Waals surface area contributed by atoms with Crippen LogP contribution in [0.25, 0.3) is 5.70 Å². The average molecular weight is 380 g/mol. The van der Waals surface area contributed by atoms with E-state index in [1.807, 2.05) is 0 Å². The first-order chi connectivity index (χ1) is 11.9. The Morgan fingerprint density at radius 3 is 2.32 bits per heavy atom. The van der Waals surface area contributed by atoms with E-state index < -0.39 is 11.9 Å². The van der Waals surface area contributed by atoms with Gasteiger partial charge in [-0.05, 0) is 13.8 Å². The largest absolute Gasteiger partial charge is 0.465 e. The van der Waals surface area contributed by atoms with Crippen LogP contribution in [0.4, 0.5) is 5.69 Å². The summed E-state index contributed by atoms with van der Waals surface area (Å²) < 4.78 is 10.2. The number of hydrogen-bond acceptors (Lipinski definition) is 10. The number of allylic oxidation sites excluding steroid dienone is 1. The topological polar surface area (TPSA) is 152 Å². The van der Waals surface area contributed by atoms with Gasteiger partial charge in [0.05, 0.1) is 34.6 Å². The highest BCUT2D eigenvalue weighted by atomic mass is 32.2. The van der Waals surface area contributed by atoms with Crippen molar-refractivity contribution in [3.8, 4) is 12.1 Å². The number of anilines is 1. The molecule has 0 aliphatic carbocycles. The van der Waals surface area contributed by atoms with Gasteiger partial charge in [0.25, 0.3) is 0 Å². The first-order valence-corrected chi connectivity index (χ1v) is 8.89. The van der Waals surface area contributed by atoms with Crippen molar-refractivity contribution in [2.75, 3.05) is 24.7 Å². The zero-order chi connectivity index (χ0) is 19.0. The lowest BCUT2D eigenvalue weighted by molar-refractivity contribution is -0.139. The zero-order valence-electron chi connectivity index (χ0n) is 13.6. The van der Waals surface area contributed by atoms with E-state index in [0.29, 0.717) is 4.21 Å². The summed E-state index contributed by atoms with van der Waals surface area (Å²) in [6.07, 6.45) is 0. The molecule has 0 bridgehead atoms. The molecule has 0 atom stereocenters. The van der Waals surface area contributed by atoms with Crippen molar-refractivity contribution < 1.29 is 19.1 Å². The molecule has 0 aliphatic rings. The summed E-state index contributed by atoms with van der Waals surface area (Å²) in [5, 5.41) is 18.0. The molecule has 132 valence electrons. The molecule has 0 unspecified atom stereocenters. The Labute approximate surface area is 153 Å². The van der Waals surface area contributed by atoms with E-state index in [-0.39, 0.29) is 46.4 Å². The van der Waals surface area contributed by atoms with Gasteiger partial charge in [0.1, 0.15) is 17.0 Å². The Morgan fingerprint density at radius 2 is 1.80 bits per heavy atom. The molecular formula is C15H16N4O4S2.